The molecule has 0 fully saturated rings. The first-order chi connectivity index (χ1) is 9.87. The third-order valence-electron chi connectivity index (χ3n) is 2.51. The van der Waals surface area contributed by atoms with Gasteiger partial charge in [0.05, 0.1) is 6.61 Å². The van der Waals surface area contributed by atoms with E-state index in [2.05, 4.69) is 4.52 Å². The summed E-state index contributed by atoms with van der Waals surface area (Å²) >= 11 is 0. The Labute approximate surface area is 118 Å². The van der Waals surface area contributed by atoms with Gasteiger partial charge in [-0.25, -0.2) is 4.79 Å². The Balaban J connectivity index is 2.07. The van der Waals surface area contributed by atoms with Gasteiger partial charge in [0.25, 0.3) is 7.82 Å². The molecule has 0 radical (unpaired) electrons. The molecule has 1 heterocycles. The standard InChI is InChI=1S/C12H13O8P/c13-6-10(20-21(15,16)17)7-18-9-2-3-11-8(5-9)1-4-12(14)19-11/h1-5,10,13H,6-7H2,(H2,15,16,17)/p-1. The zero-order valence-electron chi connectivity index (χ0n) is 10.7. The van der Waals surface area contributed by atoms with Crippen molar-refractivity contribution in [3.05, 3.63) is 40.8 Å². The SMILES string of the molecule is O=c1ccc2cc(OCC(CO)OP(=O)([O-])O)ccc2o1. The van der Waals surface area contributed by atoms with E-state index < -0.39 is 26.2 Å². The Bertz CT molecular complexity index is 719. The predicted molar refractivity (Wildman–Crippen MR) is 69.8 cm³/mol. The number of phosphoric acid groups is 1. The van der Waals surface area contributed by atoms with Crippen molar-refractivity contribution in [1.82, 2.24) is 0 Å². The molecule has 0 saturated heterocycles. The van der Waals surface area contributed by atoms with Crippen molar-refractivity contribution >= 4 is 18.8 Å². The van der Waals surface area contributed by atoms with Crippen LogP contribution in [-0.4, -0.2) is 29.3 Å². The van der Waals surface area contributed by atoms with Gasteiger partial charge in [-0.1, -0.05) is 0 Å². The van der Waals surface area contributed by atoms with Crippen LogP contribution in [0.25, 0.3) is 11.0 Å². The predicted octanol–water partition coefficient (Wildman–Crippen LogP) is 0.01000. The zero-order valence-corrected chi connectivity index (χ0v) is 11.6. The molecule has 9 heteroatoms. The lowest BCUT2D eigenvalue weighted by atomic mass is 10.2. The molecule has 0 aliphatic rings. The van der Waals surface area contributed by atoms with E-state index in [1.165, 1.54) is 18.2 Å². The van der Waals surface area contributed by atoms with E-state index in [1.54, 1.807) is 12.1 Å². The van der Waals surface area contributed by atoms with E-state index in [1.807, 2.05) is 0 Å². The molecule has 0 bridgehead atoms. The number of phosphoric ester groups is 1. The second-order valence-electron chi connectivity index (χ2n) is 4.14. The lowest BCUT2D eigenvalue weighted by molar-refractivity contribution is -0.226. The van der Waals surface area contributed by atoms with Gasteiger partial charge in [-0.05, 0) is 24.3 Å². The summed E-state index contributed by atoms with van der Waals surface area (Å²) in [5.74, 6) is 0.358. The molecule has 114 valence electrons. The molecule has 1 aromatic heterocycles. The molecule has 21 heavy (non-hydrogen) atoms. The van der Waals surface area contributed by atoms with Crippen molar-refractivity contribution in [3.63, 3.8) is 0 Å². The Morgan fingerprint density at radius 3 is 2.76 bits per heavy atom. The first-order valence-corrected chi connectivity index (χ1v) is 7.37. The highest BCUT2D eigenvalue weighted by Crippen LogP contribution is 2.32. The van der Waals surface area contributed by atoms with E-state index >= 15 is 0 Å². The smallest absolute Gasteiger partial charge is 0.336 e. The van der Waals surface area contributed by atoms with Gasteiger partial charge in [0.2, 0.25) is 0 Å². The van der Waals surface area contributed by atoms with Crippen molar-refractivity contribution in [3.8, 4) is 5.75 Å². The molecule has 1 aromatic carbocycles. The highest BCUT2D eigenvalue weighted by molar-refractivity contribution is 7.44. The third kappa shape index (κ3) is 4.66. The van der Waals surface area contributed by atoms with Crippen molar-refractivity contribution < 1.29 is 33.1 Å². The maximum atomic E-state index is 11.0. The molecular formula is C12H12O8P-. The monoisotopic (exact) mass is 315 g/mol. The van der Waals surface area contributed by atoms with Gasteiger partial charge in [0.15, 0.2) is 0 Å². The Hall–Kier alpha value is -1.70. The van der Waals surface area contributed by atoms with Crippen LogP contribution in [0.15, 0.2) is 39.5 Å². The van der Waals surface area contributed by atoms with E-state index in [0.29, 0.717) is 16.7 Å². The number of fused-ring (bicyclic) bond motifs is 1. The summed E-state index contributed by atoms with van der Waals surface area (Å²) < 4.78 is 25.0. The van der Waals surface area contributed by atoms with E-state index in [-0.39, 0.29) is 6.61 Å². The molecule has 8 nitrogen and oxygen atoms in total. The summed E-state index contributed by atoms with van der Waals surface area (Å²) in [5.41, 5.74) is -0.0942. The van der Waals surface area contributed by atoms with Gasteiger partial charge in [-0.2, -0.15) is 0 Å². The molecule has 0 spiro atoms. The molecule has 0 amide bonds. The van der Waals surface area contributed by atoms with Crippen LogP contribution in [0, 0.1) is 0 Å². The first-order valence-electron chi connectivity index (χ1n) is 5.87. The van der Waals surface area contributed by atoms with E-state index in [9.17, 15) is 14.3 Å². The fraction of sp³-hybridized carbons (Fsp3) is 0.250. The minimum absolute atomic E-state index is 0.286. The normalized spacial score (nSPS) is 15.6. The summed E-state index contributed by atoms with van der Waals surface area (Å²) in [4.78, 5) is 30.2. The molecule has 0 aliphatic carbocycles. The molecule has 2 aromatic rings. The summed E-state index contributed by atoms with van der Waals surface area (Å²) in [6.07, 6.45) is -1.22. The van der Waals surface area contributed by atoms with Gasteiger partial charge in [0, 0.05) is 11.5 Å². The number of hydrogen-bond acceptors (Lipinski definition) is 7. The van der Waals surface area contributed by atoms with Gasteiger partial charge < -0.3 is 28.6 Å². The number of hydrogen-bond donors (Lipinski definition) is 2. The Morgan fingerprint density at radius 1 is 1.33 bits per heavy atom. The molecular weight excluding hydrogens is 303 g/mol. The molecule has 2 rings (SSSR count). The van der Waals surface area contributed by atoms with Crippen LogP contribution in [0.3, 0.4) is 0 Å². The van der Waals surface area contributed by atoms with Gasteiger partial charge in [0.1, 0.15) is 24.0 Å². The van der Waals surface area contributed by atoms with Crippen LogP contribution in [0.5, 0.6) is 5.75 Å². The van der Waals surface area contributed by atoms with Gasteiger partial charge >= 0.3 is 5.63 Å². The van der Waals surface area contributed by atoms with Crippen LogP contribution < -0.4 is 15.3 Å². The average molecular weight is 315 g/mol. The summed E-state index contributed by atoms with van der Waals surface area (Å²) in [5, 5.41) is 9.56. The maximum Gasteiger partial charge on any atom is 0.336 e. The van der Waals surface area contributed by atoms with Crippen LogP contribution >= 0.6 is 7.82 Å². The van der Waals surface area contributed by atoms with Crippen molar-refractivity contribution in [2.24, 2.45) is 0 Å². The Morgan fingerprint density at radius 2 is 2.10 bits per heavy atom. The first kappa shape index (κ1) is 15.7. The Kier molecular flexibility index (Phi) is 4.76. The van der Waals surface area contributed by atoms with Crippen molar-refractivity contribution in [2.45, 2.75) is 6.10 Å². The van der Waals surface area contributed by atoms with Crippen LogP contribution in [0.4, 0.5) is 0 Å². The minimum atomic E-state index is -4.94. The largest absolute Gasteiger partial charge is 0.756 e. The number of aliphatic hydroxyl groups excluding tert-OH is 1. The van der Waals surface area contributed by atoms with Crippen molar-refractivity contribution in [1.29, 1.82) is 0 Å². The number of benzene rings is 1. The summed E-state index contributed by atoms with van der Waals surface area (Å²) in [6, 6.07) is 7.40. The van der Waals surface area contributed by atoms with Crippen LogP contribution in [0.1, 0.15) is 0 Å². The van der Waals surface area contributed by atoms with E-state index in [0.717, 1.165) is 0 Å². The lowest BCUT2D eigenvalue weighted by Crippen LogP contribution is -2.26. The topological polar surface area (TPSA) is 129 Å². The number of aliphatic hydroxyl groups is 1. The summed E-state index contributed by atoms with van der Waals surface area (Å²) in [7, 11) is -4.94. The fourth-order valence-corrected chi connectivity index (χ4v) is 2.14. The highest BCUT2D eigenvalue weighted by Gasteiger charge is 2.15. The second kappa shape index (κ2) is 6.38. The average Bonchev–Trinajstić information content (AvgIpc) is 2.42. The minimum Gasteiger partial charge on any atom is -0.756 e. The van der Waals surface area contributed by atoms with Gasteiger partial charge in [-0.3, -0.25) is 4.57 Å². The quantitative estimate of drug-likeness (QED) is 0.563. The number of ether oxygens (including phenoxy) is 1. The highest BCUT2D eigenvalue weighted by atomic mass is 31.2. The third-order valence-corrected chi connectivity index (χ3v) is 3.08. The summed E-state index contributed by atoms with van der Waals surface area (Å²) in [6.45, 7) is -0.930. The molecule has 0 saturated carbocycles. The number of rotatable bonds is 6. The zero-order chi connectivity index (χ0) is 15.5. The van der Waals surface area contributed by atoms with E-state index in [4.69, 9.17) is 19.2 Å². The maximum absolute atomic E-state index is 11.0. The molecule has 2 unspecified atom stereocenters. The van der Waals surface area contributed by atoms with Gasteiger partial charge in [-0.15, -0.1) is 0 Å². The lowest BCUT2D eigenvalue weighted by Gasteiger charge is -2.22. The fourth-order valence-electron chi connectivity index (χ4n) is 1.63. The molecule has 0 aliphatic heterocycles. The molecule has 2 atom stereocenters. The van der Waals surface area contributed by atoms with Crippen molar-refractivity contribution in [2.75, 3.05) is 13.2 Å². The van der Waals surface area contributed by atoms with Crippen LogP contribution in [0.2, 0.25) is 0 Å². The second-order valence-corrected chi connectivity index (χ2v) is 5.29. The molecule has 2 N–H and O–H groups in total. The van der Waals surface area contributed by atoms with Crippen LogP contribution in [-0.2, 0) is 9.09 Å².